The van der Waals surface area contributed by atoms with Gasteiger partial charge in [-0.1, -0.05) is 26.3 Å². The first-order chi connectivity index (χ1) is 35.3. The van der Waals surface area contributed by atoms with Crippen LogP contribution >= 0.6 is 0 Å². The third-order valence-corrected chi connectivity index (χ3v) is 13.4. The van der Waals surface area contributed by atoms with Crippen LogP contribution < -0.4 is 30.4 Å². The highest BCUT2D eigenvalue weighted by atomic mass is 16.7. The number of carboxylic acids is 1. The maximum absolute atomic E-state index is 14.1. The van der Waals surface area contributed by atoms with Crippen LogP contribution in [0.3, 0.4) is 0 Å². The molecule has 74 heavy (non-hydrogen) atoms. The number of hydrogen-bond acceptors (Lipinski definition) is 19. The summed E-state index contributed by atoms with van der Waals surface area (Å²) >= 11 is 0. The third-order valence-electron chi connectivity index (χ3n) is 13.4. The van der Waals surface area contributed by atoms with E-state index < -0.39 is 96.7 Å². The summed E-state index contributed by atoms with van der Waals surface area (Å²) < 4.78 is 35.2. The van der Waals surface area contributed by atoms with Crippen LogP contribution in [-0.2, 0) is 74.8 Å². The van der Waals surface area contributed by atoms with Crippen molar-refractivity contribution in [3.63, 3.8) is 0 Å². The van der Waals surface area contributed by atoms with Gasteiger partial charge in [0.2, 0.25) is 24.9 Å². The number of aliphatic carboxylic acids is 1. The molecule has 2 aromatic carbocycles. The number of carbonyl (C=O) groups is 7. The molecule has 390 valence electrons. The van der Waals surface area contributed by atoms with Gasteiger partial charge in [-0.15, -0.1) is 0 Å². The fraction of sp³-hybridized carbons (Fsp3) is 0.408. The number of aliphatic hydroxyl groups is 4. The Morgan fingerprint density at radius 3 is 2.42 bits per heavy atom. The molecule has 0 radical (unpaired) electrons. The lowest BCUT2D eigenvalue weighted by molar-refractivity contribution is -0.271. The molecule has 0 aliphatic carbocycles. The molecule has 6 atom stereocenters. The molecule has 2 aromatic heterocycles. The van der Waals surface area contributed by atoms with Crippen molar-refractivity contribution in [2.75, 3.05) is 37.6 Å². The van der Waals surface area contributed by atoms with Crippen LogP contribution in [-0.4, -0.2) is 144 Å². The Kier molecular flexibility index (Phi) is 13.9. The minimum absolute atomic E-state index is 0.0414. The van der Waals surface area contributed by atoms with Crippen LogP contribution in [0.4, 0.5) is 16.2 Å². The number of nitrogens with one attached hydrogen (secondary N) is 2. The molecule has 7 N–H and O–H groups in total. The summed E-state index contributed by atoms with van der Waals surface area (Å²) in [6.45, 7) is 1.91. The number of aliphatic hydroxyl groups excluding tert-OH is 3. The first-order valence-electron chi connectivity index (χ1n) is 23.5. The normalized spacial score (nSPS) is 22.2. The second kappa shape index (κ2) is 20.1. The van der Waals surface area contributed by atoms with Crippen molar-refractivity contribution in [2.24, 2.45) is 0 Å². The minimum Gasteiger partial charge on any atom is -0.479 e. The molecule has 0 saturated carbocycles. The number of carboxylic acid groups (broad SMARTS) is 1. The van der Waals surface area contributed by atoms with E-state index in [9.17, 15) is 63.9 Å². The number of hydrogen-bond donors (Lipinski definition) is 7. The molecule has 5 aliphatic rings. The van der Waals surface area contributed by atoms with E-state index in [4.69, 9.17) is 33.4 Å². The topological polar surface area (TPSA) is 341 Å². The van der Waals surface area contributed by atoms with E-state index in [-0.39, 0.29) is 84.6 Å². The van der Waals surface area contributed by atoms with Crippen molar-refractivity contribution >= 4 is 63.9 Å². The molecule has 5 amide bonds. The van der Waals surface area contributed by atoms with Crippen LogP contribution in [0.15, 0.2) is 47.3 Å². The van der Waals surface area contributed by atoms with Gasteiger partial charge in [-0.2, -0.15) is 0 Å². The number of unbranched alkanes of at least 4 members (excludes halogenated alkanes) is 1. The molecule has 1 saturated heterocycles. The van der Waals surface area contributed by atoms with Crippen LogP contribution in [0.5, 0.6) is 17.2 Å². The molecule has 0 spiro atoms. The highest BCUT2D eigenvalue weighted by Crippen LogP contribution is 2.49. The second-order valence-electron chi connectivity index (χ2n) is 18.1. The molecule has 3 unspecified atom stereocenters. The van der Waals surface area contributed by atoms with Crippen molar-refractivity contribution in [3.05, 3.63) is 80.7 Å². The van der Waals surface area contributed by atoms with Crippen molar-refractivity contribution in [1.29, 1.82) is 0 Å². The Morgan fingerprint density at radius 1 is 0.946 bits per heavy atom. The van der Waals surface area contributed by atoms with E-state index in [1.54, 1.807) is 19.1 Å². The van der Waals surface area contributed by atoms with Gasteiger partial charge in [-0.05, 0) is 48.6 Å². The molecule has 7 heterocycles. The number of rotatable bonds is 16. The quantitative estimate of drug-likeness (QED) is 0.0533. The Bertz CT molecular complexity index is 3120. The summed E-state index contributed by atoms with van der Waals surface area (Å²) in [6, 6.07) is 7.20. The van der Waals surface area contributed by atoms with Gasteiger partial charge in [0.25, 0.3) is 17.4 Å². The lowest BCUT2D eigenvalue weighted by atomic mass is 9.86. The number of likely N-dealkylation sites (N-methyl/N-ethyl adjacent to an activating group) is 1. The van der Waals surface area contributed by atoms with Gasteiger partial charge in [0.05, 0.1) is 41.2 Å². The molecular weight excluding hydrogens is 977 g/mol. The highest BCUT2D eigenvalue weighted by molar-refractivity contribution is 6.13. The molecule has 5 aliphatic heterocycles. The number of benzene rings is 2. The highest BCUT2D eigenvalue weighted by Gasteiger charge is 2.49. The van der Waals surface area contributed by atoms with Crippen LogP contribution in [0.2, 0.25) is 0 Å². The number of ether oxygens (including phenoxy) is 6. The van der Waals surface area contributed by atoms with E-state index >= 15 is 0 Å². The zero-order chi connectivity index (χ0) is 52.9. The monoisotopic (exact) mass is 1030 g/mol. The second-order valence-corrected chi connectivity index (χ2v) is 18.1. The number of nitrogens with zero attached hydrogens (tertiary/aromatic N) is 4. The van der Waals surface area contributed by atoms with Crippen LogP contribution in [0.25, 0.3) is 22.3 Å². The van der Waals surface area contributed by atoms with E-state index in [2.05, 4.69) is 10.6 Å². The summed E-state index contributed by atoms with van der Waals surface area (Å²) in [5, 5.41) is 58.2. The molecule has 25 heteroatoms. The number of carbonyl (C=O) groups excluding carboxylic acids is 6. The first kappa shape index (κ1) is 51.0. The maximum atomic E-state index is 14.1. The summed E-state index contributed by atoms with van der Waals surface area (Å²) in [5.74, 6) is -4.96. The van der Waals surface area contributed by atoms with Crippen molar-refractivity contribution in [3.8, 4) is 28.6 Å². The lowest BCUT2D eigenvalue weighted by Crippen LogP contribution is -2.61. The Hall–Kier alpha value is -7.97. The number of pyridine rings is 2. The van der Waals surface area contributed by atoms with Gasteiger partial charge in [0, 0.05) is 54.7 Å². The number of aromatic nitrogens is 2. The molecule has 0 bridgehead atoms. The van der Waals surface area contributed by atoms with E-state index in [1.807, 2.05) is 6.92 Å². The average molecular weight is 1030 g/mol. The van der Waals surface area contributed by atoms with Gasteiger partial charge >= 0.3 is 18.0 Å². The largest absolute Gasteiger partial charge is 0.479 e. The molecular formula is C49H50N6O19. The minimum atomic E-state index is -2.04. The van der Waals surface area contributed by atoms with Crippen molar-refractivity contribution in [1.82, 2.24) is 19.4 Å². The molecule has 25 nitrogen and oxygen atoms in total. The maximum Gasteiger partial charge on any atom is 0.412 e. The number of imide groups is 1. The van der Waals surface area contributed by atoms with Gasteiger partial charge in [0.15, 0.2) is 23.2 Å². The van der Waals surface area contributed by atoms with Crippen molar-refractivity contribution < 1.29 is 87.5 Å². The predicted octanol–water partition coefficient (Wildman–Crippen LogP) is 0.883. The third kappa shape index (κ3) is 9.23. The lowest BCUT2D eigenvalue weighted by Gasteiger charge is -2.38. The molecule has 1 fully saturated rings. The standard InChI is InChI=1S/C49H50N6O19/c1-4-6-7-23-24-17-55-29(15-26-25(44(55)63)20-69-47(66)49(26,68)5-2)37(24)51-28-16-31-42(72-21-71-31)38(36(23)28)52-48(67)70-19-22-8-9-30(73-46-41(62)39(60)40(61)43(74-46)45(64)65)27(14-22)50-32(56)18-53(3)33(57)12-13-54-34(58)10-11-35(54)59/h8-11,14-16,39-41,43,46,60-62,68H,4-7,12-13,17-21H2,1-3H3,(H,50,56)(H,52,67)(H,64,65)/t39?,40-,41?,43?,46-,49-/m0/s1. The van der Waals surface area contributed by atoms with Gasteiger partial charge in [-0.25, -0.2) is 19.4 Å². The molecule has 4 aromatic rings. The van der Waals surface area contributed by atoms with Crippen molar-refractivity contribution in [2.45, 2.75) is 102 Å². The Morgan fingerprint density at radius 2 is 1.70 bits per heavy atom. The predicted molar refractivity (Wildman–Crippen MR) is 251 cm³/mol. The fourth-order valence-electron chi connectivity index (χ4n) is 9.42. The number of esters is 1. The number of cyclic esters (lactones) is 1. The van der Waals surface area contributed by atoms with Gasteiger partial charge in [-0.3, -0.25) is 34.2 Å². The van der Waals surface area contributed by atoms with E-state index in [0.717, 1.165) is 33.9 Å². The zero-order valence-corrected chi connectivity index (χ0v) is 39.9. The SMILES string of the molecule is CCCCc1c2c(nc3cc4c(c(NC(=O)OCc5ccc(O[C@H]6OC(C(=O)O)[C@@H](O)C(O)C6O)c(NC(=O)CN(C)C(=O)CCN6C(=O)C=CC6=O)c5)c13)OCO4)-c1cc3c(c(=O)n1C2)COC(=O)[C@]3(O)CC. The van der Waals surface area contributed by atoms with Gasteiger partial charge < -0.3 is 68.7 Å². The number of amides is 5. The average Bonchev–Trinajstić information content (AvgIpc) is 4.11. The number of fused-ring (bicyclic) bond motifs is 6. The van der Waals surface area contributed by atoms with Crippen LogP contribution in [0.1, 0.15) is 67.3 Å². The van der Waals surface area contributed by atoms with Gasteiger partial charge in [0.1, 0.15) is 43.0 Å². The van der Waals surface area contributed by atoms with Crippen LogP contribution in [0, 0.1) is 0 Å². The Balaban J connectivity index is 0.987. The smallest absolute Gasteiger partial charge is 0.412 e. The molecule has 9 rings (SSSR count). The number of anilines is 2. The summed E-state index contributed by atoms with van der Waals surface area (Å²) in [6.07, 6.45) is -7.25. The van der Waals surface area contributed by atoms with E-state index in [1.165, 1.54) is 29.8 Å². The fourth-order valence-corrected chi connectivity index (χ4v) is 9.42. The zero-order valence-electron chi connectivity index (χ0n) is 39.9. The summed E-state index contributed by atoms with van der Waals surface area (Å²) in [4.78, 5) is 110. The first-order valence-corrected chi connectivity index (χ1v) is 23.5. The summed E-state index contributed by atoms with van der Waals surface area (Å²) in [5.41, 5.74) is 0.615. The Labute approximate surface area is 418 Å². The van der Waals surface area contributed by atoms with E-state index in [0.29, 0.717) is 40.7 Å². The summed E-state index contributed by atoms with van der Waals surface area (Å²) in [7, 11) is 1.30. The number of aryl methyl sites for hydroxylation is 1.